The second-order valence-corrected chi connectivity index (χ2v) is 6.24. The minimum Gasteiger partial charge on any atom is -0.316 e. The lowest BCUT2D eigenvalue weighted by Gasteiger charge is -2.33. The van der Waals surface area contributed by atoms with Gasteiger partial charge in [0.1, 0.15) is 0 Å². The molecule has 5 heteroatoms. The van der Waals surface area contributed by atoms with Crippen molar-refractivity contribution in [2.45, 2.75) is 45.6 Å². The molecule has 0 aliphatic carbocycles. The fourth-order valence-corrected chi connectivity index (χ4v) is 3.07. The average molecular weight is 281 g/mol. The van der Waals surface area contributed by atoms with E-state index in [4.69, 9.17) is 0 Å². The van der Waals surface area contributed by atoms with Gasteiger partial charge in [-0.15, -0.1) is 0 Å². The van der Waals surface area contributed by atoms with Gasteiger partial charge in [-0.2, -0.15) is 0 Å². The van der Waals surface area contributed by atoms with Crippen LogP contribution in [0.1, 0.15) is 39.5 Å². The zero-order chi connectivity index (χ0) is 14.5. The lowest BCUT2D eigenvalue weighted by Crippen LogP contribution is -2.45. The van der Waals surface area contributed by atoms with Crippen LogP contribution < -0.4 is 5.32 Å². The van der Waals surface area contributed by atoms with E-state index in [1.165, 1.54) is 17.7 Å². The molecule has 1 N–H and O–H groups in total. The van der Waals surface area contributed by atoms with Crippen molar-refractivity contribution in [1.82, 2.24) is 15.1 Å². The van der Waals surface area contributed by atoms with Crippen molar-refractivity contribution in [2.75, 3.05) is 32.7 Å². The third kappa shape index (κ3) is 4.03. The van der Waals surface area contributed by atoms with Gasteiger partial charge in [0.25, 0.3) is 0 Å². The van der Waals surface area contributed by atoms with E-state index in [0.717, 1.165) is 26.2 Å². The molecule has 0 saturated carbocycles. The van der Waals surface area contributed by atoms with Gasteiger partial charge in [-0.1, -0.05) is 0 Å². The number of piperidine rings is 1. The van der Waals surface area contributed by atoms with E-state index in [2.05, 4.69) is 24.1 Å². The van der Waals surface area contributed by atoms with Crippen LogP contribution in [0.25, 0.3) is 0 Å². The topological polar surface area (TPSA) is 52.7 Å². The molecule has 20 heavy (non-hydrogen) atoms. The first-order valence-electron chi connectivity index (χ1n) is 7.86. The Labute approximate surface area is 121 Å². The fourth-order valence-electron chi connectivity index (χ4n) is 3.07. The normalized spacial score (nSPS) is 24.2. The molecule has 1 unspecified atom stereocenters. The molecule has 0 aromatic carbocycles. The Morgan fingerprint density at radius 3 is 2.55 bits per heavy atom. The summed E-state index contributed by atoms with van der Waals surface area (Å²) >= 11 is 0. The zero-order valence-corrected chi connectivity index (χ0v) is 12.7. The van der Waals surface area contributed by atoms with Crippen LogP contribution >= 0.6 is 0 Å². The predicted molar refractivity (Wildman–Crippen MR) is 78.3 cm³/mol. The molecule has 0 aromatic heterocycles. The van der Waals surface area contributed by atoms with Crippen molar-refractivity contribution in [3.05, 3.63) is 0 Å². The minimum atomic E-state index is -0.00182. The van der Waals surface area contributed by atoms with Crippen molar-refractivity contribution >= 4 is 11.8 Å². The molecule has 2 heterocycles. The molecule has 2 saturated heterocycles. The van der Waals surface area contributed by atoms with Crippen molar-refractivity contribution < 1.29 is 9.59 Å². The van der Waals surface area contributed by atoms with Gasteiger partial charge in [0.2, 0.25) is 11.8 Å². The molecule has 2 rings (SSSR count). The molecule has 0 spiro atoms. The highest BCUT2D eigenvalue weighted by atomic mass is 16.2. The van der Waals surface area contributed by atoms with Crippen LogP contribution in [0.5, 0.6) is 0 Å². The van der Waals surface area contributed by atoms with Gasteiger partial charge in [-0.05, 0) is 45.7 Å². The number of hydrogen-bond donors (Lipinski definition) is 1. The smallest absolute Gasteiger partial charge is 0.229 e. The SMILES string of the molecule is CC(C)N(CCN1C(=O)CCC1=O)CC1CCCNC1. The quantitative estimate of drug-likeness (QED) is 0.733. The molecular formula is C15H27N3O2. The molecule has 114 valence electrons. The van der Waals surface area contributed by atoms with Gasteiger partial charge in [0.15, 0.2) is 0 Å². The number of carbonyl (C=O) groups is 2. The minimum absolute atomic E-state index is 0.00182. The molecule has 0 radical (unpaired) electrons. The first-order valence-corrected chi connectivity index (χ1v) is 7.86. The molecule has 2 fully saturated rings. The summed E-state index contributed by atoms with van der Waals surface area (Å²) in [6, 6.07) is 0.449. The summed E-state index contributed by atoms with van der Waals surface area (Å²) in [5.74, 6) is 0.687. The van der Waals surface area contributed by atoms with Gasteiger partial charge in [-0.25, -0.2) is 0 Å². The van der Waals surface area contributed by atoms with E-state index in [9.17, 15) is 9.59 Å². The van der Waals surface area contributed by atoms with Crippen molar-refractivity contribution in [3.8, 4) is 0 Å². The van der Waals surface area contributed by atoms with E-state index in [1.54, 1.807) is 0 Å². The average Bonchev–Trinajstić information content (AvgIpc) is 2.75. The third-order valence-corrected chi connectivity index (χ3v) is 4.39. The summed E-state index contributed by atoms with van der Waals surface area (Å²) in [4.78, 5) is 27.1. The van der Waals surface area contributed by atoms with Gasteiger partial charge in [-0.3, -0.25) is 19.4 Å². The Hall–Kier alpha value is -0.940. The standard InChI is InChI=1S/C15H27N3O2/c1-12(2)17(11-13-4-3-7-16-10-13)8-9-18-14(19)5-6-15(18)20/h12-13,16H,3-11H2,1-2H3. The number of imide groups is 1. The van der Waals surface area contributed by atoms with Gasteiger partial charge in [0, 0.05) is 38.5 Å². The molecule has 2 aliphatic rings. The molecule has 2 aliphatic heterocycles. The largest absolute Gasteiger partial charge is 0.316 e. The Morgan fingerprint density at radius 2 is 2.00 bits per heavy atom. The van der Waals surface area contributed by atoms with Crippen LogP contribution in [0.2, 0.25) is 0 Å². The van der Waals surface area contributed by atoms with Crippen LogP contribution in [-0.4, -0.2) is 60.4 Å². The summed E-state index contributed by atoms with van der Waals surface area (Å²) in [7, 11) is 0. The zero-order valence-electron chi connectivity index (χ0n) is 12.7. The number of carbonyl (C=O) groups excluding carboxylic acids is 2. The highest BCUT2D eigenvalue weighted by molar-refractivity contribution is 6.01. The summed E-state index contributed by atoms with van der Waals surface area (Å²) in [5, 5.41) is 3.45. The number of likely N-dealkylation sites (tertiary alicyclic amines) is 1. The van der Waals surface area contributed by atoms with Gasteiger partial charge < -0.3 is 5.32 Å². The van der Waals surface area contributed by atoms with Gasteiger partial charge >= 0.3 is 0 Å². The van der Waals surface area contributed by atoms with E-state index < -0.39 is 0 Å². The number of rotatable bonds is 6. The Bertz CT molecular complexity index is 335. The van der Waals surface area contributed by atoms with E-state index in [0.29, 0.717) is 31.3 Å². The molecule has 1 atom stereocenters. The first-order chi connectivity index (χ1) is 9.58. The van der Waals surface area contributed by atoms with E-state index in [1.807, 2.05) is 0 Å². The molecular weight excluding hydrogens is 254 g/mol. The monoisotopic (exact) mass is 281 g/mol. The second-order valence-electron chi connectivity index (χ2n) is 6.24. The molecule has 2 amide bonds. The summed E-state index contributed by atoms with van der Waals surface area (Å²) in [6.07, 6.45) is 3.32. The maximum atomic E-state index is 11.6. The number of nitrogens with one attached hydrogen (secondary N) is 1. The summed E-state index contributed by atoms with van der Waals surface area (Å²) in [5.41, 5.74) is 0. The Morgan fingerprint density at radius 1 is 1.30 bits per heavy atom. The Balaban J connectivity index is 1.82. The van der Waals surface area contributed by atoms with Crippen LogP contribution in [-0.2, 0) is 9.59 Å². The second kappa shape index (κ2) is 7.18. The van der Waals surface area contributed by atoms with Crippen molar-refractivity contribution in [2.24, 2.45) is 5.92 Å². The lowest BCUT2D eigenvalue weighted by atomic mass is 9.98. The van der Waals surface area contributed by atoms with Crippen molar-refractivity contribution in [3.63, 3.8) is 0 Å². The first kappa shape index (κ1) is 15.4. The molecule has 5 nitrogen and oxygen atoms in total. The van der Waals surface area contributed by atoms with Crippen LogP contribution in [0, 0.1) is 5.92 Å². The maximum absolute atomic E-state index is 11.6. The van der Waals surface area contributed by atoms with E-state index >= 15 is 0 Å². The van der Waals surface area contributed by atoms with E-state index in [-0.39, 0.29) is 11.8 Å². The highest BCUT2D eigenvalue weighted by Gasteiger charge is 2.29. The summed E-state index contributed by atoms with van der Waals surface area (Å²) in [6.45, 7) is 9.00. The van der Waals surface area contributed by atoms with Crippen LogP contribution in [0.15, 0.2) is 0 Å². The number of nitrogens with zero attached hydrogens (tertiary/aromatic N) is 2. The third-order valence-electron chi connectivity index (χ3n) is 4.39. The summed E-state index contributed by atoms with van der Waals surface area (Å²) < 4.78 is 0. The highest BCUT2D eigenvalue weighted by Crippen LogP contribution is 2.15. The Kier molecular flexibility index (Phi) is 5.54. The molecule has 0 bridgehead atoms. The number of hydrogen-bond acceptors (Lipinski definition) is 4. The van der Waals surface area contributed by atoms with Gasteiger partial charge in [0.05, 0.1) is 0 Å². The number of amides is 2. The predicted octanol–water partition coefficient (Wildman–Crippen LogP) is 0.845. The van der Waals surface area contributed by atoms with Crippen molar-refractivity contribution in [1.29, 1.82) is 0 Å². The molecule has 0 aromatic rings. The lowest BCUT2D eigenvalue weighted by molar-refractivity contribution is -0.138. The maximum Gasteiger partial charge on any atom is 0.229 e. The fraction of sp³-hybridized carbons (Fsp3) is 0.867. The van der Waals surface area contributed by atoms with Crippen LogP contribution in [0.4, 0.5) is 0 Å². The van der Waals surface area contributed by atoms with Crippen LogP contribution in [0.3, 0.4) is 0 Å².